The summed E-state index contributed by atoms with van der Waals surface area (Å²) in [5, 5.41) is 1.06. The average Bonchev–Trinajstić information content (AvgIpc) is 2.08. The van der Waals surface area contributed by atoms with E-state index in [1.54, 1.807) is 0 Å². The first-order valence-electron chi connectivity index (χ1n) is 4.13. The lowest BCUT2D eigenvalue weighted by Gasteiger charge is -2.32. The van der Waals surface area contributed by atoms with Crippen LogP contribution in [-0.2, 0) is 0 Å². The van der Waals surface area contributed by atoms with Gasteiger partial charge in [-0.1, -0.05) is 63.7 Å². The SMILES string of the molecule is BrC[C@@H](Br)[C@@H]1CC[C@H](Br)[C@@H](Br)C1. The quantitative estimate of drug-likeness (QED) is 0.570. The van der Waals surface area contributed by atoms with Crippen molar-refractivity contribution < 1.29 is 0 Å². The molecule has 4 atom stereocenters. The summed E-state index contributed by atoms with van der Waals surface area (Å²) in [7, 11) is 0. The number of hydrogen-bond acceptors (Lipinski definition) is 0. The Balaban J connectivity index is 2.39. The van der Waals surface area contributed by atoms with Crippen LogP contribution >= 0.6 is 63.7 Å². The van der Waals surface area contributed by atoms with Gasteiger partial charge in [-0.25, -0.2) is 0 Å². The fraction of sp³-hybridized carbons (Fsp3) is 1.00. The van der Waals surface area contributed by atoms with Crippen molar-refractivity contribution in [3.8, 4) is 0 Å². The minimum absolute atomic E-state index is 0.637. The predicted molar refractivity (Wildman–Crippen MR) is 69.3 cm³/mol. The Morgan fingerprint density at radius 3 is 2.33 bits per heavy atom. The Morgan fingerprint density at radius 2 is 1.83 bits per heavy atom. The molecule has 0 aliphatic heterocycles. The minimum Gasteiger partial charge on any atom is -0.0916 e. The van der Waals surface area contributed by atoms with Crippen LogP contribution in [0.4, 0.5) is 0 Å². The van der Waals surface area contributed by atoms with Crippen LogP contribution in [-0.4, -0.2) is 19.8 Å². The Kier molecular flexibility index (Phi) is 5.71. The van der Waals surface area contributed by atoms with Gasteiger partial charge in [-0.05, 0) is 25.2 Å². The summed E-state index contributed by atoms with van der Waals surface area (Å²) < 4.78 is 0. The lowest BCUT2D eigenvalue weighted by Crippen LogP contribution is -2.30. The summed E-state index contributed by atoms with van der Waals surface area (Å²) in [5.41, 5.74) is 0. The first kappa shape index (κ1) is 12.0. The van der Waals surface area contributed by atoms with Crippen molar-refractivity contribution in [3.63, 3.8) is 0 Å². The van der Waals surface area contributed by atoms with Gasteiger partial charge >= 0.3 is 0 Å². The zero-order valence-corrected chi connectivity index (χ0v) is 13.0. The Bertz CT molecular complexity index is 139. The molecule has 12 heavy (non-hydrogen) atoms. The van der Waals surface area contributed by atoms with Gasteiger partial charge in [0.15, 0.2) is 0 Å². The topological polar surface area (TPSA) is 0 Å². The molecule has 0 aromatic rings. The van der Waals surface area contributed by atoms with E-state index in [0.717, 1.165) is 11.2 Å². The molecule has 1 rings (SSSR count). The summed E-state index contributed by atoms with van der Waals surface area (Å²) in [6, 6.07) is 0. The molecule has 0 radical (unpaired) electrons. The van der Waals surface area contributed by atoms with Crippen LogP contribution in [0.5, 0.6) is 0 Å². The molecule has 0 aromatic carbocycles. The Hall–Kier alpha value is 1.92. The van der Waals surface area contributed by atoms with Gasteiger partial charge in [0, 0.05) is 19.8 Å². The molecule has 0 spiro atoms. The van der Waals surface area contributed by atoms with Gasteiger partial charge in [-0.2, -0.15) is 0 Å². The summed E-state index contributed by atoms with van der Waals surface area (Å²) >= 11 is 14.6. The summed E-state index contributed by atoms with van der Waals surface area (Å²) in [5.74, 6) is 0.822. The first-order chi connectivity index (χ1) is 5.65. The summed E-state index contributed by atoms with van der Waals surface area (Å²) in [6.07, 6.45) is 3.90. The Labute approximate surface area is 108 Å². The van der Waals surface area contributed by atoms with Gasteiger partial charge in [0.25, 0.3) is 0 Å². The molecule has 0 heterocycles. The van der Waals surface area contributed by atoms with E-state index < -0.39 is 0 Å². The molecule has 0 aromatic heterocycles. The monoisotopic (exact) mass is 424 g/mol. The van der Waals surface area contributed by atoms with Crippen LogP contribution in [0, 0.1) is 5.92 Å². The lowest BCUT2D eigenvalue weighted by atomic mass is 9.87. The molecular weight excluding hydrogens is 416 g/mol. The largest absolute Gasteiger partial charge is 0.0916 e. The van der Waals surface area contributed by atoms with Crippen molar-refractivity contribution in [2.45, 2.75) is 33.7 Å². The smallest absolute Gasteiger partial charge is 0.0274 e. The second-order valence-electron chi connectivity index (χ2n) is 3.28. The van der Waals surface area contributed by atoms with Gasteiger partial charge in [0.2, 0.25) is 0 Å². The third kappa shape index (κ3) is 3.25. The number of alkyl halides is 4. The van der Waals surface area contributed by atoms with Crippen LogP contribution in [0.25, 0.3) is 0 Å². The van der Waals surface area contributed by atoms with Gasteiger partial charge in [0.05, 0.1) is 0 Å². The van der Waals surface area contributed by atoms with E-state index in [-0.39, 0.29) is 0 Å². The van der Waals surface area contributed by atoms with Crippen LogP contribution < -0.4 is 0 Å². The van der Waals surface area contributed by atoms with Crippen LogP contribution in [0.3, 0.4) is 0 Å². The standard InChI is InChI=1S/C8H12Br4/c9-4-8(12)5-1-2-6(10)7(11)3-5/h5-8H,1-4H2/t5-,6+,7+,8-/m1/s1. The summed E-state index contributed by atoms with van der Waals surface area (Å²) in [4.78, 5) is 1.96. The number of halogens is 4. The minimum atomic E-state index is 0.637. The second-order valence-corrected chi connectivity index (χ2v) is 7.45. The van der Waals surface area contributed by atoms with Crippen molar-refractivity contribution in [1.82, 2.24) is 0 Å². The van der Waals surface area contributed by atoms with Crippen LogP contribution in [0.1, 0.15) is 19.3 Å². The molecule has 1 aliphatic rings. The average molecular weight is 428 g/mol. The maximum atomic E-state index is 3.71. The van der Waals surface area contributed by atoms with E-state index in [2.05, 4.69) is 63.7 Å². The molecule has 1 fully saturated rings. The van der Waals surface area contributed by atoms with Crippen molar-refractivity contribution in [1.29, 1.82) is 0 Å². The zero-order valence-electron chi connectivity index (χ0n) is 6.65. The van der Waals surface area contributed by atoms with E-state index in [1.165, 1.54) is 19.3 Å². The third-order valence-corrected chi connectivity index (χ3v) is 7.85. The molecule has 0 bridgehead atoms. The van der Waals surface area contributed by atoms with Crippen molar-refractivity contribution in [2.24, 2.45) is 5.92 Å². The van der Waals surface area contributed by atoms with Gasteiger partial charge < -0.3 is 0 Å². The van der Waals surface area contributed by atoms with E-state index in [4.69, 9.17) is 0 Å². The highest BCUT2D eigenvalue weighted by atomic mass is 79.9. The van der Waals surface area contributed by atoms with Gasteiger partial charge in [0.1, 0.15) is 0 Å². The molecule has 0 nitrogen and oxygen atoms in total. The lowest BCUT2D eigenvalue weighted by molar-refractivity contribution is 0.383. The molecule has 1 aliphatic carbocycles. The normalized spacial score (nSPS) is 39.5. The van der Waals surface area contributed by atoms with Crippen LogP contribution in [0.2, 0.25) is 0 Å². The number of rotatable bonds is 2. The molecule has 72 valence electrons. The fourth-order valence-corrected chi connectivity index (χ4v) is 3.80. The van der Waals surface area contributed by atoms with Crippen LogP contribution in [0.15, 0.2) is 0 Å². The zero-order chi connectivity index (χ0) is 9.14. The van der Waals surface area contributed by atoms with E-state index in [0.29, 0.717) is 14.5 Å². The number of hydrogen-bond donors (Lipinski definition) is 0. The molecule has 4 heteroatoms. The molecule has 0 amide bonds. The molecule has 0 unspecified atom stereocenters. The highest BCUT2D eigenvalue weighted by molar-refractivity contribution is 9.12. The molecule has 0 saturated heterocycles. The van der Waals surface area contributed by atoms with Crippen molar-refractivity contribution in [2.75, 3.05) is 5.33 Å². The van der Waals surface area contributed by atoms with Gasteiger partial charge in [-0.15, -0.1) is 0 Å². The summed E-state index contributed by atoms with van der Waals surface area (Å²) in [6.45, 7) is 0. The van der Waals surface area contributed by atoms with E-state index >= 15 is 0 Å². The Morgan fingerprint density at radius 1 is 1.17 bits per heavy atom. The molecule has 0 N–H and O–H groups in total. The predicted octanol–water partition coefficient (Wildman–Crippen LogP) is 4.47. The van der Waals surface area contributed by atoms with Crippen molar-refractivity contribution >= 4 is 63.7 Å². The highest BCUT2D eigenvalue weighted by Gasteiger charge is 2.30. The molecule has 1 saturated carbocycles. The van der Waals surface area contributed by atoms with Gasteiger partial charge in [-0.3, -0.25) is 0 Å². The second kappa shape index (κ2) is 5.72. The molecular formula is C8H12Br4. The fourth-order valence-electron chi connectivity index (χ4n) is 1.56. The van der Waals surface area contributed by atoms with E-state index in [1.807, 2.05) is 0 Å². The van der Waals surface area contributed by atoms with E-state index in [9.17, 15) is 0 Å². The maximum absolute atomic E-state index is 3.71. The maximum Gasteiger partial charge on any atom is 0.0274 e. The highest BCUT2D eigenvalue weighted by Crippen LogP contribution is 2.37. The van der Waals surface area contributed by atoms with Crippen molar-refractivity contribution in [3.05, 3.63) is 0 Å². The first-order valence-corrected chi connectivity index (χ1v) is 8.00. The third-order valence-electron chi connectivity index (χ3n) is 2.39.